The van der Waals surface area contributed by atoms with E-state index >= 15 is 0 Å². The Balaban J connectivity index is 2.93. The first-order valence-electron chi connectivity index (χ1n) is 8.86. The molecule has 0 aromatic rings. The van der Waals surface area contributed by atoms with Crippen LogP contribution in [0.25, 0.3) is 0 Å². The van der Waals surface area contributed by atoms with Crippen molar-refractivity contribution in [3.05, 3.63) is 19.1 Å². The van der Waals surface area contributed by atoms with Crippen LogP contribution in [0.4, 0.5) is 0 Å². The lowest BCUT2D eigenvalue weighted by Gasteiger charge is -2.02. The molecule has 113 valence electrons. The first-order chi connectivity index (χ1) is 9.41. The quantitative estimate of drug-likeness (QED) is 0.216. The second-order valence-electron chi connectivity index (χ2n) is 5.76. The van der Waals surface area contributed by atoms with Crippen molar-refractivity contribution in [2.24, 2.45) is 0 Å². The van der Waals surface area contributed by atoms with Gasteiger partial charge in [-0.2, -0.15) is 0 Å². The van der Waals surface area contributed by atoms with Gasteiger partial charge in [-0.15, -0.1) is 0 Å². The smallest absolute Gasteiger partial charge is 0.0351 e. The lowest BCUT2D eigenvalue weighted by Crippen LogP contribution is -1.82. The van der Waals surface area contributed by atoms with Crippen LogP contribution in [-0.4, -0.2) is 0 Å². The summed E-state index contributed by atoms with van der Waals surface area (Å²) in [6.07, 6.45) is 25.4. The SMILES string of the molecule is [CH2]CCCCCCCCCCCCCCC=CCC. The molecule has 1 radical (unpaired) electrons. The van der Waals surface area contributed by atoms with Crippen molar-refractivity contribution in [1.82, 2.24) is 0 Å². The van der Waals surface area contributed by atoms with Crippen molar-refractivity contribution >= 4 is 0 Å². The van der Waals surface area contributed by atoms with E-state index in [1.54, 1.807) is 0 Å². The molecule has 19 heavy (non-hydrogen) atoms. The number of rotatable bonds is 15. The average molecular weight is 266 g/mol. The van der Waals surface area contributed by atoms with Crippen LogP contribution in [0.2, 0.25) is 0 Å². The van der Waals surface area contributed by atoms with Gasteiger partial charge in [0.1, 0.15) is 0 Å². The highest BCUT2D eigenvalue weighted by atomic mass is 14.0. The predicted molar refractivity (Wildman–Crippen MR) is 89.4 cm³/mol. The maximum absolute atomic E-state index is 3.89. The molecule has 0 spiro atoms. The summed E-state index contributed by atoms with van der Waals surface area (Å²) in [7, 11) is 0. The van der Waals surface area contributed by atoms with Crippen LogP contribution in [-0.2, 0) is 0 Å². The van der Waals surface area contributed by atoms with Gasteiger partial charge in [-0.3, -0.25) is 0 Å². The van der Waals surface area contributed by atoms with E-state index in [-0.39, 0.29) is 0 Å². The molecule has 0 aliphatic carbocycles. The Morgan fingerprint density at radius 1 is 0.579 bits per heavy atom. The van der Waals surface area contributed by atoms with Gasteiger partial charge in [0, 0.05) is 0 Å². The molecule has 0 heteroatoms. The third kappa shape index (κ3) is 17.7. The standard InChI is InChI=1S/C19H37/c1-3-5-7-9-11-13-15-17-19-18-16-14-12-10-8-6-4-2/h6,8H,1,3-5,7,9-19H2,2H3. The summed E-state index contributed by atoms with van der Waals surface area (Å²) in [6, 6.07) is 0. The van der Waals surface area contributed by atoms with Gasteiger partial charge in [0.2, 0.25) is 0 Å². The highest BCUT2D eigenvalue weighted by molar-refractivity contribution is 4.79. The maximum atomic E-state index is 3.89. The molecule has 0 rings (SSSR count). The summed E-state index contributed by atoms with van der Waals surface area (Å²) in [5.74, 6) is 0. The van der Waals surface area contributed by atoms with Gasteiger partial charge in [-0.05, 0) is 19.3 Å². The van der Waals surface area contributed by atoms with Crippen LogP contribution in [0.3, 0.4) is 0 Å². The minimum Gasteiger partial charge on any atom is -0.0888 e. The van der Waals surface area contributed by atoms with E-state index in [9.17, 15) is 0 Å². The molecule has 0 N–H and O–H groups in total. The van der Waals surface area contributed by atoms with E-state index in [4.69, 9.17) is 0 Å². The van der Waals surface area contributed by atoms with Crippen LogP contribution >= 0.6 is 0 Å². The largest absolute Gasteiger partial charge is 0.0888 e. The highest BCUT2D eigenvalue weighted by Crippen LogP contribution is 2.12. The Kier molecular flexibility index (Phi) is 17.5. The summed E-state index contributed by atoms with van der Waals surface area (Å²) >= 11 is 0. The minimum atomic E-state index is 1.12. The van der Waals surface area contributed by atoms with Crippen LogP contribution in [0.5, 0.6) is 0 Å². The molecular weight excluding hydrogens is 228 g/mol. The fourth-order valence-corrected chi connectivity index (χ4v) is 2.49. The van der Waals surface area contributed by atoms with Crippen LogP contribution in [0.1, 0.15) is 103 Å². The zero-order valence-electron chi connectivity index (χ0n) is 13.5. The van der Waals surface area contributed by atoms with Gasteiger partial charge in [0.25, 0.3) is 0 Å². The normalized spacial score (nSPS) is 11.5. The molecule has 0 bridgehead atoms. The van der Waals surface area contributed by atoms with E-state index in [2.05, 4.69) is 26.0 Å². The molecule has 0 saturated heterocycles. The Labute approximate surface area is 123 Å². The molecule has 0 aromatic heterocycles. The zero-order valence-corrected chi connectivity index (χ0v) is 13.5. The highest BCUT2D eigenvalue weighted by Gasteiger charge is 1.93. The molecule has 0 nitrogen and oxygen atoms in total. The predicted octanol–water partition coefficient (Wildman–Crippen LogP) is 7.25. The molecule has 0 amide bonds. The molecule has 0 aliphatic rings. The molecule has 0 unspecified atom stereocenters. The fourth-order valence-electron chi connectivity index (χ4n) is 2.49. The van der Waals surface area contributed by atoms with Gasteiger partial charge in [0.05, 0.1) is 0 Å². The third-order valence-electron chi connectivity index (χ3n) is 3.77. The minimum absolute atomic E-state index is 1.12. The summed E-state index contributed by atoms with van der Waals surface area (Å²) in [5, 5.41) is 0. The average Bonchev–Trinajstić information content (AvgIpc) is 2.43. The first kappa shape index (κ1) is 18.7. The van der Waals surface area contributed by atoms with Crippen molar-refractivity contribution < 1.29 is 0 Å². The topological polar surface area (TPSA) is 0 Å². The zero-order chi connectivity index (χ0) is 14.0. The number of allylic oxidation sites excluding steroid dienone is 2. The maximum Gasteiger partial charge on any atom is -0.0351 e. The van der Waals surface area contributed by atoms with Crippen LogP contribution in [0, 0.1) is 6.92 Å². The van der Waals surface area contributed by atoms with Gasteiger partial charge in [-0.25, -0.2) is 0 Å². The van der Waals surface area contributed by atoms with Crippen molar-refractivity contribution in [1.29, 1.82) is 0 Å². The summed E-state index contributed by atoms with van der Waals surface area (Å²) < 4.78 is 0. The van der Waals surface area contributed by atoms with Crippen molar-refractivity contribution in [3.8, 4) is 0 Å². The van der Waals surface area contributed by atoms with Crippen LogP contribution in [0.15, 0.2) is 12.2 Å². The Morgan fingerprint density at radius 3 is 1.42 bits per heavy atom. The second kappa shape index (κ2) is 17.7. The van der Waals surface area contributed by atoms with Crippen molar-refractivity contribution in [2.75, 3.05) is 0 Å². The first-order valence-corrected chi connectivity index (χ1v) is 8.86. The van der Waals surface area contributed by atoms with E-state index < -0.39 is 0 Å². The van der Waals surface area contributed by atoms with E-state index in [0.29, 0.717) is 0 Å². The summed E-state index contributed by atoms with van der Waals surface area (Å²) in [6.45, 7) is 6.09. The van der Waals surface area contributed by atoms with Crippen molar-refractivity contribution in [3.63, 3.8) is 0 Å². The molecule has 0 saturated carbocycles. The summed E-state index contributed by atoms with van der Waals surface area (Å²) in [5.41, 5.74) is 0. The molecular formula is C19H37. The van der Waals surface area contributed by atoms with Crippen LogP contribution < -0.4 is 0 Å². The Morgan fingerprint density at radius 2 is 1.00 bits per heavy atom. The van der Waals surface area contributed by atoms with E-state index in [1.165, 1.54) is 89.9 Å². The van der Waals surface area contributed by atoms with E-state index in [1.807, 2.05) is 0 Å². The lowest BCUT2D eigenvalue weighted by molar-refractivity contribution is 0.542. The molecule has 0 aliphatic heterocycles. The molecule has 0 fully saturated rings. The van der Waals surface area contributed by atoms with E-state index in [0.717, 1.165) is 6.42 Å². The van der Waals surface area contributed by atoms with Gasteiger partial charge in [-0.1, -0.05) is 103 Å². The molecule has 0 heterocycles. The van der Waals surface area contributed by atoms with Gasteiger partial charge in [0.15, 0.2) is 0 Å². The molecule has 0 atom stereocenters. The van der Waals surface area contributed by atoms with Gasteiger partial charge < -0.3 is 0 Å². The number of hydrogen-bond acceptors (Lipinski definition) is 0. The molecule has 0 aromatic carbocycles. The number of hydrogen-bond donors (Lipinski definition) is 0. The Bertz CT molecular complexity index is 169. The Hall–Kier alpha value is -0.260. The third-order valence-corrected chi connectivity index (χ3v) is 3.77. The lowest BCUT2D eigenvalue weighted by atomic mass is 10.0. The monoisotopic (exact) mass is 265 g/mol. The van der Waals surface area contributed by atoms with Gasteiger partial charge >= 0.3 is 0 Å². The number of unbranched alkanes of at least 4 members (excludes halogenated alkanes) is 13. The van der Waals surface area contributed by atoms with Crippen molar-refractivity contribution in [2.45, 2.75) is 103 Å². The fraction of sp³-hybridized carbons (Fsp3) is 0.842. The second-order valence-corrected chi connectivity index (χ2v) is 5.76. The summed E-state index contributed by atoms with van der Waals surface area (Å²) in [4.78, 5) is 0.